The van der Waals surface area contributed by atoms with E-state index in [1.54, 1.807) is 6.20 Å². The van der Waals surface area contributed by atoms with E-state index >= 15 is 0 Å². The summed E-state index contributed by atoms with van der Waals surface area (Å²) >= 11 is 0. The van der Waals surface area contributed by atoms with Crippen LogP contribution in [0.4, 0.5) is 35.4 Å². The van der Waals surface area contributed by atoms with Gasteiger partial charge in [-0.3, -0.25) is 4.90 Å². The molecular formula is C23H31F3N6O2. The van der Waals surface area contributed by atoms with Crippen molar-refractivity contribution in [2.75, 3.05) is 35.8 Å². The second-order valence-electron chi connectivity index (χ2n) is 8.52. The minimum Gasteiger partial charge on any atom is -0.406 e. The second-order valence-corrected chi connectivity index (χ2v) is 8.52. The summed E-state index contributed by atoms with van der Waals surface area (Å²) in [6, 6.07) is 5.23. The molecule has 1 aromatic carbocycles. The quantitative estimate of drug-likeness (QED) is 0.597. The number of alkyl halides is 3. The lowest BCUT2D eigenvalue weighted by Crippen LogP contribution is -2.47. The van der Waals surface area contributed by atoms with E-state index in [-0.39, 0.29) is 23.9 Å². The molecule has 0 bridgehead atoms. The Hall–Kier alpha value is -3.24. The minimum absolute atomic E-state index is 0.0173. The fourth-order valence-corrected chi connectivity index (χ4v) is 4.04. The average molecular weight is 481 g/mol. The van der Waals surface area contributed by atoms with Crippen molar-refractivity contribution in [2.24, 2.45) is 0 Å². The number of hydrogen-bond donors (Lipinski definition) is 2. The van der Waals surface area contributed by atoms with Gasteiger partial charge in [0, 0.05) is 50.2 Å². The molecule has 0 unspecified atom stereocenters. The van der Waals surface area contributed by atoms with Gasteiger partial charge in [0.1, 0.15) is 11.6 Å². The molecule has 1 aliphatic rings. The zero-order chi connectivity index (χ0) is 24.9. The highest BCUT2D eigenvalue weighted by molar-refractivity contribution is 5.92. The summed E-state index contributed by atoms with van der Waals surface area (Å²) in [6.07, 6.45) is 0.358. The number of hydrogen-bond acceptors (Lipinski definition) is 6. The Labute approximate surface area is 197 Å². The van der Waals surface area contributed by atoms with Crippen molar-refractivity contribution in [2.45, 2.75) is 58.0 Å². The standard InChI is InChI=1S/C23H31F3N6O2/c1-5-32(18-10-12-19(13-11-18)34-23(24,25)26)22(33)29-17-8-6-16(7-9-17)28-21-27-14-15(2)20(30-21)31(3)4/h10-14,16-17H,5-9H2,1-4H3,(H,29,33)(H,27,28,30)/t16-,17+. The fraction of sp³-hybridized carbons (Fsp3) is 0.522. The van der Waals surface area contributed by atoms with E-state index in [4.69, 9.17) is 0 Å². The van der Waals surface area contributed by atoms with Crippen LogP contribution in [0.15, 0.2) is 30.5 Å². The van der Waals surface area contributed by atoms with Crippen LogP contribution in [-0.2, 0) is 0 Å². The van der Waals surface area contributed by atoms with Crippen LogP contribution in [0.25, 0.3) is 0 Å². The van der Waals surface area contributed by atoms with E-state index in [0.29, 0.717) is 18.2 Å². The van der Waals surface area contributed by atoms with Gasteiger partial charge in [0.25, 0.3) is 0 Å². The molecule has 0 atom stereocenters. The molecule has 0 radical (unpaired) electrons. The zero-order valence-corrected chi connectivity index (χ0v) is 19.8. The molecule has 11 heteroatoms. The maximum absolute atomic E-state index is 12.8. The second kappa shape index (κ2) is 10.8. The molecule has 1 aliphatic carbocycles. The van der Waals surface area contributed by atoms with Gasteiger partial charge in [0.05, 0.1) is 0 Å². The number of nitrogens with zero attached hydrogens (tertiary/aromatic N) is 4. The summed E-state index contributed by atoms with van der Waals surface area (Å²) in [5, 5.41) is 6.44. The third-order valence-corrected chi connectivity index (χ3v) is 5.70. The number of halogens is 3. The molecule has 0 aliphatic heterocycles. The molecule has 2 amide bonds. The van der Waals surface area contributed by atoms with Gasteiger partial charge < -0.3 is 20.3 Å². The molecule has 1 heterocycles. The number of carbonyl (C=O) groups is 1. The highest BCUT2D eigenvalue weighted by atomic mass is 19.4. The van der Waals surface area contributed by atoms with Gasteiger partial charge in [-0.25, -0.2) is 9.78 Å². The van der Waals surface area contributed by atoms with Crippen molar-refractivity contribution in [3.63, 3.8) is 0 Å². The molecule has 3 rings (SSSR count). The molecule has 34 heavy (non-hydrogen) atoms. The fourth-order valence-electron chi connectivity index (χ4n) is 4.04. The van der Waals surface area contributed by atoms with Gasteiger partial charge in [-0.2, -0.15) is 4.98 Å². The maximum atomic E-state index is 12.8. The van der Waals surface area contributed by atoms with E-state index in [1.165, 1.54) is 29.2 Å². The third kappa shape index (κ3) is 6.88. The van der Waals surface area contributed by atoms with Crippen LogP contribution in [0.5, 0.6) is 5.75 Å². The lowest BCUT2D eigenvalue weighted by Gasteiger charge is -2.31. The molecule has 2 N–H and O–H groups in total. The Morgan fingerprint density at radius 3 is 2.29 bits per heavy atom. The number of aromatic nitrogens is 2. The predicted octanol–water partition coefficient (Wildman–Crippen LogP) is 4.71. The van der Waals surface area contributed by atoms with E-state index in [2.05, 4.69) is 25.3 Å². The van der Waals surface area contributed by atoms with Gasteiger partial charge in [-0.15, -0.1) is 13.2 Å². The van der Waals surface area contributed by atoms with Crippen LogP contribution >= 0.6 is 0 Å². The monoisotopic (exact) mass is 480 g/mol. The number of anilines is 3. The number of urea groups is 1. The predicted molar refractivity (Wildman–Crippen MR) is 125 cm³/mol. The summed E-state index contributed by atoms with van der Waals surface area (Å²) < 4.78 is 41.0. The first-order valence-electron chi connectivity index (χ1n) is 11.3. The Kier molecular flexibility index (Phi) is 8.06. The van der Waals surface area contributed by atoms with Crippen molar-refractivity contribution in [3.05, 3.63) is 36.0 Å². The van der Waals surface area contributed by atoms with Gasteiger partial charge in [-0.1, -0.05) is 0 Å². The van der Waals surface area contributed by atoms with Crippen molar-refractivity contribution < 1.29 is 22.7 Å². The highest BCUT2D eigenvalue weighted by Gasteiger charge is 2.31. The summed E-state index contributed by atoms with van der Waals surface area (Å²) in [4.78, 5) is 25.2. The number of nitrogens with one attached hydrogen (secondary N) is 2. The third-order valence-electron chi connectivity index (χ3n) is 5.70. The van der Waals surface area contributed by atoms with E-state index in [1.807, 2.05) is 32.8 Å². The number of amides is 2. The van der Waals surface area contributed by atoms with Crippen molar-refractivity contribution in [1.82, 2.24) is 15.3 Å². The number of benzene rings is 1. The average Bonchev–Trinajstić information content (AvgIpc) is 2.77. The zero-order valence-electron chi connectivity index (χ0n) is 19.8. The Bertz CT molecular complexity index is 960. The summed E-state index contributed by atoms with van der Waals surface area (Å²) in [5.74, 6) is 1.14. The Morgan fingerprint density at radius 1 is 1.12 bits per heavy atom. The van der Waals surface area contributed by atoms with Crippen LogP contribution in [0.3, 0.4) is 0 Å². The van der Waals surface area contributed by atoms with Crippen molar-refractivity contribution in [1.29, 1.82) is 0 Å². The molecule has 8 nitrogen and oxygen atoms in total. The van der Waals surface area contributed by atoms with Crippen LogP contribution in [0, 0.1) is 6.92 Å². The highest BCUT2D eigenvalue weighted by Crippen LogP contribution is 2.26. The largest absolute Gasteiger partial charge is 0.573 e. The van der Waals surface area contributed by atoms with Gasteiger partial charge in [-0.05, 0) is 63.8 Å². The molecule has 0 saturated heterocycles. The summed E-state index contributed by atoms with van der Waals surface area (Å²) in [6.45, 7) is 4.16. The maximum Gasteiger partial charge on any atom is 0.573 e. The van der Waals surface area contributed by atoms with Crippen molar-refractivity contribution >= 4 is 23.5 Å². The molecule has 186 valence electrons. The smallest absolute Gasteiger partial charge is 0.406 e. The molecule has 1 aromatic heterocycles. The topological polar surface area (TPSA) is 82.6 Å². The molecular weight excluding hydrogens is 449 g/mol. The first kappa shape index (κ1) is 25.4. The molecule has 0 spiro atoms. The van der Waals surface area contributed by atoms with Crippen LogP contribution in [-0.4, -0.2) is 55.1 Å². The number of carbonyl (C=O) groups excluding carboxylic acids is 1. The van der Waals surface area contributed by atoms with E-state index < -0.39 is 6.36 Å². The van der Waals surface area contributed by atoms with Crippen molar-refractivity contribution in [3.8, 4) is 5.75 Å². The van der Waals surface area contributed by atoms with E-state index in [9.17, 15) is 18.0 Å². The van der Waals surface area contributed by atoms with Gasteiger partial charge >= 0.3 is 12.4 Å². The van der Waals surface area contributed by atoms with Crippen LogP contribution in [0.1, 0.15) is 38.2 Å². The minimum atomic E-state index is -4.75. The van der Waals surface area contributed by atoms with E-state index in [0.717, 1.165) is 37.1 Å². The Morgan fingerprint density at radius 2 is 1.74 bits per heavy atom. The van der Waals surface area contributed by atoms with Gasteiger partial charge in [0.15, 0.2) is 0 Å². The lowest BCUT2D eigenvalue weighted by molar-refractivity contribution is -0.274. The molecule has 2 aromatic rings. The SMILES string of the molecule is CCN(C(=O)N[C@H]1CC[C@@H](Nc2ncc(C)c(N(C)C)n2)CC1)c1ccc(OC(F)(F)F)cc1. The first-order chi connectivity index (χ1) is 16.1. The summed E-state index contributed by atoms with van der Waals surface area (Å²) in [7, 11) is 3.88. The first-order valence-corrected chi connectivity index (χ1v) is 11.3. The normalized spacial score (nSPS) is 18.2. The number of aryl methyl sites for hydroxylation is 1. The number of rotatable bonds is 7. The Balaban J connectivity index is 1.52. The van der Waals surface area contributed by atoms with Crippen LogP contribution < -0.4 is 25.2 Å². The molecule has 1 saturated carbocycles. The lowest BCUT2D eigenvalue weighted by atomic mass is 9.91. The van der Waals surface area contributed by atoms with Gasteiger partial charge in [0.2, 0.25) is 5.95 Å². The number of ether oxygens (including phenoxy) is 1. The van der Waals surface area contributed by atoms with Crippen LogP contribution in [0.2, 0.25) is 0 Å². The summed E-state index contributed by atoms with van der Waals surface area (Å²) in [5.41, 5.74) is 1.50. The molecule has 1 fully saturated rings.